The molecule has 6 heteroatoms. The molecule has 0 fully saturated rings. The van der Waals surface area contributed by atoms with E-state index in [0.29, 0.717) is 5.82 Å². The van der Waals surface area contributed by atoms with Crippen molar-refractivity contribution in [1.29, 1.82) is 0 Å². The van der Waals surface area contributed by atoms with Gasteiger partial charge in [-0.15, -0.1) is 0 Å². The van der Waals surface area contributed by atoms with Crippen LogP contribution in [0.1, 0.15) is 16.2 Å². The molecule has 18 heavy (non-hydrogen) atoms. The number of imidazole rings is 1. The minimum absolute atomic E-state index is 0.0897. The normalized spacial score (nSPS) is 10.3. The van der Waals surface area contributed by atoms with Crippen molar-refractivity contribution in [2.75, 3.05) is 0 Å². The van der Waals surface area contributed by atoms with Gasteiger partial charge in [0, 0.05) is 25.5 Å². The molecule has 2 rings (SSSR count). The molecule has 1 heterocycles. The minimum Gasteiger partial charge on any atom is -0.508 e. The average molecular weight is 247 g/mol. The molecule has 1 aromatic heterocycles. The Hall–Kier alpha value is -2.50. The standard InChI is InChI=1S/C12H13N3O3/c1-15-5-4-13-11(15)7-14-12(18)9-3-2-8(16)6-10(9)17/h2-6,16-17H,7H2,1H3,(H,14,18). The van der Waals surface area contributed by atoms with Crippen LogP contribution in [0.25, 0.3) is 0 Å². The molecular formula is C12H13N3O3. The van der Waals surface area contributed by atoms with Gasteiger partial charge in [0.15, 0.2) is 0 Å². The van der Waals surface area contributed by atoms with Gasteiger partial charge in [0.2, 0.25) is 0 Å². The first-order valence-electron chi connectivity index (χ1n) is 5.34. The van der Waals surface area contributed by atoms with Crippen LogP contribution in [-0.4, -0.2) is 25.7 Å². The number of rotatable bonds is 3. The van der Waals surface area contributed by atoms with Crippen molar-refractivity contribution in [3.8, 4) is 11.5 Å². The van der Waals surface area contributed by atoms with Gasteiger partial charge in [-0.2, -0.15) is 0 Å². The number of phenols is 2. The fourth-order valence-corrected chi connectivity index (χ4v) is 1.53. The zero-order valence-electron chi connectivity index (χ0n) is 9.79. The predicted octanol–water partition coefficient (Wildman–Crippen LogP) is 0.761. The highest BCUT2D eigenvalue weighted by molar-refractivity contribution is 5.96. The lowest BCUT2D eigenvalue weighted by Gasteiger charge is -2.07. The highest BCUT2D eigenvalue weighted by Gasteiger charge is 2.11. The van der Waals surface area contributed by atoms with E-state index in [1.807, 2.05) is 7.05 Å². The molecule has 0 radical (unpaired) electrons. The SMILES string of the molecule is Cn1ccnc1CNC(=O)c1ccc(O)cc1O. The van der Waals surface area contributed by atoms with E-state index < -0.39 is 5.91 Å². The molecule has 0 aliphatic rings. The maximum Gasteiger partial charge on any atom is 0.255 e. The summed E-state index contributed by atoms with van der Waals surface area (Å²) in [6.45, 7) is 0.267. The van der Waals surface area contributed by atoms with Gasteiger partial charge in [0.1, 0.15) is 17.3 Å². The van der Waals surface area contributed by atoms with Crippen molar-refractivity contribution in [1.82, 2.24) is 14.9 Å². The van der Waals surface area contributed by atoms with Crippen LogP contribution in [0.3, 0.4) is 0 Å². The van der Waals surface area contributed by atoms with E-state index in [1.165, 1.54) is 12.1 Å². The summed E-state index contributed by atoms with van der Waals surface area (Å²) in [4.78, 5) is 15.9. The molecule has 0 spiro atoms. The molecule has 1 amide bonds. The molecule has 0 aliphatic carbocycles. The number of hydrogen-bond acceptors (Lipinski definition) is 4. The molecular weight excluding hydrogens is 234 g/mol. The second-order valence-corrected chi connectivity index (χ2v) is 3.84. The molecule has 0 saturated heterocycles. The number of hydrogen-bond donors (Lipinski definition) is 3. The maximum absolute atomic E-state index is 11.8. The number of aromatic nitrogens is 2. The quantitative estimate of drug-likeness (QED) is 0.747. The van der Waals surface area contributed by atoms with Crippen molar-refractivity contribution < 1.29 is 15.0 Å². The topological polar surface area (TPSA) is 87.4 Å². The predicted molar refractivity (Wildman–Crippen MR) is 64.1 cm³/mol. The fraction of sp³-hybridized carbons (Fsp3) is 0.167. The summed E-state index contributed by atoms with van der Waals surface area (Å²) in [6.07, 6.45) is 3.42. The van der Waals surface area contributed by atoms with Gasteiger partial charge < -0.3 is 20.1 Å². The number of carbonyl (C=O) groups is 1. The Morgan fingerprint density at radius 2 is 2.22 bits per heavy atom. The molecule has 0 unspecified atom stereocenters. The Kier molecular flexibility index (Phi) is 3.18. The Morgan fingerprint density at radius 3 is 2.83 bits per heavy atom. The number of nitrogens with one attached hydrogen (secondary N) is 1. The van der Waals surface area contributed by atoms with Crippen LogP contribution in [0.5, 0.6) is 11.5 Å². The van der Waals surface area contributed by atoms with Crippen molar-refractivity contribution in [3.63, 3.8) is 0 Å². The fourth-order valence-electron chi connectivity index (χ4n) is 1.53. The molecule has 0 aliphatic heterocycles. The largest absolute Gasteiger partial charge is 0.508 e. The first-order valence-corrected chi connectivity index (χ1v) is 5.34. The molecule has 0 saturated carbocycles. The van der Waals surface area contributed by atoms with Crippen LogP contribution in [-0.2, 0) is 13.6 Å². The van der Waals surface area contributed by atoms with E-state index in [0.717, 1.165) is 6.07 Å². The van der Waals surface area contributed by atoms with E-state index >= 15 is 0 Å². The van der Waals surface area contributed by atoms with Gasteiger partial charge in [-0.1, -0.05) is 0 Å². The van der Waals surface area contributed by atoms with E-state index in [1.54, 1.807) is 17.0 Å². The average Bonchev–Trinajstić information content (AvgIpc) is 2.72. The van der Waals surface area contributed by atoms with Gasteiger partial charge in [0.25, 0.3) is 5.91 Å². The van der Waals surface area contributed by atoms with Crippen LogP contribution in [0.4, 0.5) is 0 Å². The van der Waals surface area contributed by atoms with E-state index in [4.69, 9.17) is 5.11 Å². The molecule has 2 aromatic rings. The second kappa shape index (κ2) is 4.79. The third-order valence-corrected chi connectivity index (χ3v) is 2.55. The minimum atomic E-state index is -0.421. The summed E-state index contributed by atoms with van der Waals surface area (Å²) in [5.41, 5.74) is 0.113. The van der Waals surface area contributed by atoms with Gasteiger partial charge in [-0.05, 0) is 12.1 Å². The van der Waals surface area contributed by atoms with Crippen molar-refractivity contribution in [2.45, 2.75) is 6.54 Å². The maximum atomic E-state index is 11.8. The molecule has 3 N–H and O–H groups in total. The summed E-state index contributed by atoms with van der Waals surface area (Å²) in [5, 5.41) is 21.3. The number of nitrogens with zero attached hydrogens (tertiary/aromatic N) is 2. The monoisotopic (exact) mass is 247 g/mol. The van der Waals surface area contributed by atoms with Gasteiger partial charge in [0.05, 0.1) is 12.1 Å². The van der Waals surface area contributed by atoms with Crippen LogP contribution in [0, 0.1) is 0 Å². The first-order chi connectivity index (χ1) is 8.58. The molecule has 94 valence electrons. The van der Waals surface area contributed by atoms with Crippen LogP contribution in [0.2, 0.25) is 0 Å². The number of aryl methyl sites for hydroxylation is 1. The van der Waals surface area contributed by atoms with Crippen LogP contribution >= 0.6 is 0 Å². The smallest absolute Gasteiger partial charge is 0.255 e. The highest BCUT2D eigenvalue weighted by Crippen LogP contribution is 2.22. The number of phenolic OH excluding ortho intramolecular Hbond substituents is 2. The Morgan fingerprint density at radius 1 is 1.44 bits per heavy atom. The van der Waals surface area contributed by atoms with Gasteiger partial charge in [-0.25, -0.2) is 4.98 Å². The Bertz CT molecular complexity index is 578. The Labute approximate surface area is 104 Å². The molecule has 6 nitrogen and oxygen atoms in total. The number of benzene rings is 1. The van der Waals surface area contributed by atoms with Gasteiger partial charge in [-0.3, -0.25) is 4.79 Å². The van der Waals surface area contributed by atoms with Crippen molar-refractivity contribution in [2.24, 2.45) is 7.05 Å². The van der Waals surface area contributed by atoms with E-state index in [9.17, 15) is 9.90 Å². The van der Waals surface area contributed by atoms with Crippen molar-refractivity contribution >= 4 is 5.91 Å². The summed E-state index contributed by atoms with van der Waals surface area (Å²) in [6, 6.07) is 3.82. The number of aromatic hydroxyl groups is 2. The second-order valence-electron chi connectivity index (χ2n) is 3.84. The third kappa shape index (κ3) is 2.42. The first kappa shape index (κ1) is 12.0. The zero-order chi connectivity index (χ0) is 13.1. The Balaban J connectivity index is 2.06. The summed E-state index contributed by atoms with van der Waals surface area (Å²) < 4.78 is 1.79. The lowest BCUT2D eigenvalue weighted by atomic mass is 10.2. The van der Waals surface area contributed by atoms with Gasteiger partial charge >= 0.3 is 0 Å². The van der Waals surface area contributed by atoms with E-state index in [-0.39, 0.29) is 23.6 Å². The molecule has 0 bridgehead atoms. The van der Waals surface area contributed by atoms with Crippen molar-refractivity contribution in [3.05, 3.63) is 42.0 Å². The summed E-state index contributed by atoms with van der Waals surface area (Å²) >= 11 is 0. The molecule has 0 atom stereocenters. The lowest BCUT2D eigenvalue weighted by molar-refractivity contribution is 0.0947. The molecule has 1 aromatic carbocycles. The van der Waals surface area contributed by atoms with Crippen LogP contribution < -0.4 is 5.32 Å². The highest BCUT2D eigenvalue weighted by atomic mass is 16.3. The van der Waals surface area contributed by atoms with E-state index in [2.05, 4.69) is 10.3 Å². The number of amides is 1. The zero-order valence-corrected chi connectivity index (χ0v) is 9.79. The number of carbonyl (C=O) groups excluding carboxylic acids is 1. The lowest BCUT2D eigenvalue weighted by Crippen LogP contribution is -2.24. The summed E-state index contributed by atoms with van der Waals surface area (Å²) in [5.74, 6) is -0.0578. The third-order valence-electron chi connectivity index (χ3n) is 2.55. The van der Waals surface area contributed by atoms with Crippen LogP contribution in [0.15, 0.2) is 30.6 Å². The summed E-state index contributed by atoms with van der Waals surface area (Å²) in [7, 11) is 1.83.